The monoisotopic (exact) mass is 262 g/mol. The van der Waals surface area contributed by atoms with Gasteiger partial charge >= 0.3 is 0 Å². The number of H-pyrrole nitrogens is 1. The van der Waals surface area contributed by atoms with Gasteiger partial charge in [-0.2, -0.15) is 0 Å². The van der Waals surface area contributed by atoms with Crippen molar-refractivity contribution in [1.29, 1.82) is 0 Å². The van der Waals surface area contributed by atoms with E-state index in [1.807, 2.05) is 48.7 Å². The lowest BCUT2D eigenvalue weighted by atomic mass is 9.99. The van der Waals surface area contributed by atoms with E-state index in [2.05, 4.69) is 11.6 Å². The van der Waals surface area contributed by atoms with Gasteiger partial charge < -0.3 is 10.7 Å². The molecule has 1 heterocycles. The predicted molar refractivity (Wildman–Crippen MR) is 82.3 cm³/mol. The van der Waals surface area contributed by atoms with E-state index >= 15 is 0 Å². The molecule has 1 amide bonds. The van der Waals surface area contributed by atoms with Crippen molar-refractivity contribution in [2.24, 2.45) is 5.73 Å². The summed E-state index contributed by atoms with van der Waals surface area (Å²) >= 11 is 0. The summed E-state index contributed by atoms with van der Waals surface area (Å²) in [7, 11) is 0. The zero-order valence-electron chi connectivity index (χ0n) is 10.9. The molecule has 3 heteroatoms. The van der Waals surface area contributed by atoms with Crippen LogP contribution >= 0.6 is 0 Å². The first-order valence-corrected chi connectivity index (χ1v) is 6.33. The molecule has 0 spiro atoms. The van der Waals surface area contributed by atoms with Crippen molar-refractivity contribution in [3.8, 4) is 11.1 Å². The third-order valence-electron chi connectivity index (χ3n) is 3.41. The summed E-state index contributed by atoms with van der Waals surface area (Å²) in [5.74, 6) is -0.440. The maximum Gasteiger partial charge on any atom is 0.250 e. The molecule has 0 aliphatic heterocycles. The Bertz CT molecular complexity index is 800. The van der Waals surface area contributed by atoms with Crippen molar-refractivity contribution in [3.63, 3.8) is 0 Å². The number of aromatic amines is 1. The minimum atomic E-state index is -0.440. The Morgan fingerprint density at radius 1 is 1.15 bits per heavy atom. The summed E-state index contributed by atoms with van der Waals surface area (Å²) in [6, 6.07) is 13.8. The van der Waals surface area contributed by atoms with Crippen LogP contribution in [0.1, 0.15) is 15.9 Å². The number of carbonyl (C=O) groups is 1. The molecule has 20 heavy (non-hydrogen) atoms. The SMILES string of the molecule is C=Cc1c[nH]c2c(C(N)=O)cc(-c3ccccc3)cc12. The standard InChI is InChI=1S/C17H14N2O/c1-2-11-10-19-16-14(11)8-13(9-15(16)17(18)20)12-6-4-3-5-7-12/h2-10,19H,1H2,(H2,18,20). The van der Waals surface area contributed by atoms with E-state index in [9.17, 15) is 4.79 Å². The van der Waals surface area contributed by atoms with Crippen LogP contribution in [0, 0.1) is 0 Å². The van der Waals surface area contributed by atoms with Crippen LogP contribution in [0.5, 0.6) is 0 Å². The molecule has 3 aromatic rings. The maximum atomic E-state index is 11.7. The Labute approximate surface area is 116 Å². The third kappa shape index (κ3) is 1.89. The van der Waals surface area contributed by atoms with E-state index in [0.717, 1.165) is 27.6 Å². The number of primary amides is 1. The fraction of sp³-hybridized carbons (Fsp3) is 0. The number of nitrogens with two attached hydrogens (primary N) is 1. The topological polar surface area (TPSA) is 58.9 Å². The summed E-state index contributed by atoms with van der Waals surface area (Å²) in [4.78, 5) is 14.8. The Kier molecular flexibility index (Phi) is 2.88. The van der Waals surface area contributed by atoms with Gasteiger partial charge in [0.15, 0.2) is 0 Å². The van der Waals surface area contributed by atoms with E-state index in [1.165, 1.54) is 0 Å². The second kappa shape index (κ2) is 4.70. The molecular weight excluding hydrogens is 248 g/mol. The summed E-state index contributed by atoms with van der Waals surface area (Å²) in [6.07, 6.45) is 3.59. The summed E-state index contributed by atoms with van der Waals surface area (Å²) in [5, 5.41) is 0.954. The van der Waals surface area contributed by atoms with Gasteiger partial charge in [0.1, 0.15) is 0 Å². The van der Waals surface area contributed by atoms with E-state index in [1.54, 1.807) is 6.08 Å². The highest BCUT2D eigenvalue weighted by Gasteiger charge is 2.13. The third-order valence-corrected chi connectivity index (χ3v) is 3.41. The van der Waals surface area contributed by atoms with Gasteiger partial charge in [0.05, 0.1) is 11.1 Å². The van der Waals surface area contributed by atoms with Crippen molar-refractivity contribution in [3.05, 3.63) is 66.4 Å². The Balaban J connectivity index is 2.34. The normalized spacial score (nSPS) is 10.6. The number of hydrogen-bond donors (Lipinski definition) is 2. The molecule has 0 atom stereocenters. The molecule has 1 aromatic heterocycles. The first-order valence-electron chi connectivity index (χ1n) is 6.33. The van der Waals surface area contributed by atoms with Crippen LogP contribution in [0.2, 0.25) is 0 Å². The highest BCUT2D eigenvalue weighted by molar-refractivity contribution is 6.08. The lowest BCUT2D eigenvalue weighted by Crippen LogP contribution is -2.11. The second-order valence-corrected chi connectivity index (χ2v) is 4.62. The van der Waals surface area contributed by atoms with Gasteiger partial charge in [-0.25, -0.2) is 0 Å². The van der Waals surface area contributed by atoms with E-state index < -0.39 is 5.91 Å². The molecule has 0 aliphatic carbocycles. The van der Waals surface area contributed by atoms with Crippen LogP contribution in [0.3, 0.4) is 0 Å². The first-order chi connectivity index (χ1) is 9.70. The summed E-state index contributed by atoms with van der Waals surface area (Å²) in [5.41, 5.74) is 9.72. The predicted octanol–water partition coefficient (Wildman–Crippen LogP) is 3.58. The smallest absolute Gasteiger partial charge is 0.250 e. The highest BCUT2D eigenvalue weighted by atomic mass is 16.1. The number of hydrogen-bond acceptors (Lipinski definition) is 1. The van der Waals surface area contributed by atoms with Gasteiger partial charge in [0.2, 0.25) is 0 Å². The second-order valence-electron chi connectivity index (χ2n) is 4.62. The Hall–Kier alpha value is -2.81. The molecule has 98 valence electrons. The molecule has 0 unspecified atom stereocenters. The number of nitrogens with one attached hydrogen (secondary N) is 1. The van der Waals surface area contributed by atoms with Crippen molar-refractivity contribution < 1.29 is 4.79 Å². The van der Waals surface area contributed by atoms with Crippen LogP contribution in [0.25, 0.3) is 28.1 Å². The summed E-state index contributed by atoms with van der Waals surface area (Å²) in [6.45, 7) is 3.79. The van der Waals surface area contributed by atoms with Crippen LogP contribution < -0.4 is 5.73 Å². The lowest BCUT2D eigenvalue weighted by molar-refractivity contribution is 0.100. The van der Waals surface area contributed by atoms with Crippen molar-refractivity contribution in [2.45, 2.75) is 0 Å². The van der Waals surface area contributed by atoms with Crippen LogP contribution in [0.15, 0.2) is 55.2 Å². The largest absolute Gasteiger partial charge is 0.366 e. The molecule has 0 fully saturated rings. The van der Waals surface area contributed by atoms with Gasteiger partial charge in [-0.05, 0) is 28.8 Å². The average Bonchev–Trinajstić information content (AvgIpc) is 2.89. The van der Waals surface area contributed by atoms with Gasteiger partial charge in [-0.15, -0.1) is 0 Å². The van der Waals surface area contributed by atoms with E-state index in [-0.39, 0.29) is 0 Å². The number of amides is 1. The number of carbonyl (C=O) groups excluding carboxylic acids is 1. The highest BCUT2D eigenvalue weighted by Crippen LogP contribution is 2.29. The van der Waals surface area contributed by atoms with Gasteiger partial charge in [0.25, 0.3) is 5.91 Å². The molecule has 3 N–H and O–H groups in total. The van der Waals surface area contributed by atoms with E-state index in [0.29, 0.717) is 5.56 Å². The Morgan fingerprint density at radius 2 is 1.90 bits per heavy atom. The fourth-order valence-corrected chi connectivity index (χ4v) is 2.41. The van der Waals surface area contributed by atoms with Crippen molar-refractivity contribution in [2.75, 3.05) is 0 Å². The summed E-state index contributed by atoms with van der Waals surface area (Å²) < 4.78 is 0. The molecule has 0 aliphatic rings. The molecular formula is C17H14N2O. The van der Waals surface area contributed by atoms with E-state index in [4.69, 9.17) is 5.73 Å². The first kappa shape index (κ1) is 12.2. The fourth-order valence-electron chi connectivity index (χ4n) is 2.41. The molecule has 3 rings (SSSR count). The Morgan fingerprint density at radius 3 is 2.55 bits per heavy atom. The lowest BCUT2D eigenvalue weighted by Gasteiger charge is -2.06. The van der Waals surface area contributed by atoms with Crippen LogP contribution in [-0.2, 0) is 0 Å². The molecule has 0 saturated carbocycles. The zero-order chi connectivity index (χ0) is 14.1. The quantitative estimate of drug-likeness (QED) is 0.744. The average molecular weight is 262 g/mol. The molecule has 0 bridgehead atoms. The minimum absolute atomic E-state index is 0.440. The van der Waals surface area contributed by atoms with Gasteiger partial charge in [-0.1, -0.05) is 43.0 Å². The minimum Gasteiger partial charge on any atom is -0.366 e. The number of benzene rings is 2. The maximum absolute atomic E-state index is 11.7. The molecule has 0 radical (unpaired) electrons. The van der Waals surface area contributed by atoms with Gasteiger partial charge in [-0.3, -0.25) is 4.79 Å². The van der Waals surface area contributed by atoms with Crippen LogP contribution in [0.4, 0.5) is 0 Å². The van der Waals surface area contributed by atoms with Crippen molar-refractivity contribution >= 4 is 22.9 Å². The van der Waals surface area contributed by atoms with Gasteiger partial charge in [0, 0.05) is 11.6 Å². The van der Waals surface area contributed by atoms with Crippen LogP contribution in [-0.4, -0.2) is 10.9 Å². The number of fused-ring (bicyclic) bond motifs is 1. The molecule has 3 nitrogen and oxygen atoms in total. The zero-order valence-corrected chi connectivity index (χ0v) is 10.9. The molecule has 2 aromatic carbocycles. The number of aromatic nitrogens is 1. The number of rotatable bonds is 3. The van der Waals surface area contributed by atoms with Crippen molar-refractivity contribution in [1.82, 2.24) is 4.98 Å². The molecule has 0 saturated heterocycles.